The molecule has 0 radical (unpaired) electrons. The maximum atomic E-state index is 13.9. The molecule has 1 aromatic carbocycles. The molecule has 1 aliphatic rings. The van der Waals surface area contributed by atoms with E-state index in [1.807, 2.05) is 24.4 Å². The van der Waals surface area contributed by atoms with Crippen molar-refractivity contribution in [3.8, 4) is 0 Å². The molecule has 0 amide bonds. The van der Waals surface area contributed by atoms with E-state index in [2.05, 4.69) is 14.9 Å². The molecule has 1 saturated heterocycles. The van der Waals surface area contributed by atoms with Gasteiger partial charge in [-0.15, -0.1) is 11.3 Å². The zero-order valence-corrected chi connectivity index (χ0v) is 14.2. The molecule has 0 bridgehead atoms. The van der Waals surface area contributed by atoms with Crippen LogP contribution < -0.4 is 0 Å². The quantitative estimate of drug-likeness (QED) is 0.727. The zero-order valence-electron chi connectivity index (χ0n) is 13.4. The molecule has 24 heavy (non-hydrogen) atoms. The van der Waals surface area contributed by atoms with Gasteiger partial charge in [-0.2, -0.15) is 0 Å². The monoisotopic (exact) mass is 343 g/mol. The molecule has 0 saturated carbocycles. The van der Waals surface area contributed by atoms with Gasteiger partial charge in [0.2, 0.25) is 0 Å². The SMILES string of the molecule is Cc1csc([C@@H]2CN(Cc3cc(F)cc4cccnc34)CCO2)n1. The number of benzene rings is 1. The van der Waals surface area contributed by atoms with E-state index in [1.165, 1.54) is 6.07 Å². The Hall–Kier alpha value is -1.89. The largest absolute Gasteiger partial charge is 0.368 e. The summed E-state index contributed by atoms with van der Waals surface area (Å²) in [7, 11) is 0. The van der Waals surface area contributed by atoms with Crippen molar-refractivity contribution in [2.24, 2.45) is 0 Å². The summed E-state index contributed by atoms with van der Waals surface area (Å²) in [6.45, 7) is 4.90. The molecule has 3 heterocycles. The molecule has 6 heteroatoms. The predicted octanol–water partition coefficient (Wildman–Crippen LogP) is 3.71. The van der Waals surface area contributed by atoms with Gasteiger partial charge in [0.15, 0.2) is 0 Å². The van der Waals surface area contributed by atoms with E-state index >= 15 is 0 Å². The lowest BCUT2D eigenvalue weighted by Crippen LogP contribution is -2.37. The number of halogens is 1. The Bertz CT molecular complexity index is 866. The highest BCUT2D eigenvalue weighted by atomic mass is 32.1. The Labute approximate surface area is 143 Å². The summed E-state index contributed by atoms with van der Waals surface area (Å²) >= 11 is 1.63. The van der Waals surface area contributed by atoms with Crippen LogP contribution in [0.5, 0.6) is 0 Å². The van der Waals surface area contributed by atoms with Gasteiger partial charge in [-0.05, 0) is 30.7 Å². The first-order chi connectivity index (χ1) is 11.7. The highest BCUT2D eigenvalue weighted by Crippen LogP contribution is 2.27. The minimum Gasteiger partial charge on any atom is -0.368 e. The number of hydrogen-bond acceptors (Lipinski definition) is 5. The van der Waals surface area contributed by atoms with E-state index in [0.717, 1.165) is 40.3 Å². The molecular formula is C18H18FN3OS. The first kappa shape index (κ1) is 15.6. The number of aromatic nitrogens is 2. The normalized spacial score (nSPS) is 19.0. The van der Waals surface area contributed by atoms with Crippen molar-refractivity contribution in [3.63, 3.8) is 0 Å². The summed E-state index contributed by atoms with van der Waals surface area (Å²) in [6, 6.07) is 6.86. The van der Waals surface area contributed by atoms with Crippen LogP contribution in [-0.2, 0) is 11.3 Å². The van der Waals surface area contributed by atoms with Crippen LogP contribution in [0.2, 0.25) is 0 Å². The Morgan fingerprint density at radius 1 is 1.42 bits per heavy atom. The van der Waals surface area contributed by atoms with Gasteiger partial charge >= 0.3 is 0 Å². The lowest BCUT2D eigenvalue weighted by atomic mass is 10.1. The molecule has 3 aromatic rings. The second-order valence-corrected chi connectivity index (χ2v) is 6.95. The average molecular weight is 343 g/mol. The number of rotatable bonds is 3. The van der Waals surface area contributed by atoms with Crippen molar-refractivity contribution in [1.82, 2.24) is 14.9 Å². The van der Waals surface area contributed by atoms with E-state index in [4.69, 9.17) is 4.74 Å². The third kappa shape index (κ3) is 3.17. The molecule has 1 atom stereocenters. The highest BCUT2D eigenvalue weighted by Gasteiger charge is 2.24. The van der Waals surface area contributed by atoms with E-state index < -0.39 is 0 Å². The molecule has 0 N–H and O–H groups in total. The van der Waals surface area contributed by atoms with Crippen LogP contribution in [0.1, 0.15) is 22.4 Å². The first-order valence-electron chi connectivity index (χ1n) is 7.98. The van der Waals surface area contributed by atoms with Gasteiger partial charge in [-0.1, -0.05) is 6.07 Å². The number of nitrogens with zero attached hydrogens (tertiary/aromatic N) is 3. The number of ether oxygens (including phenoxy) is 1. The third-order valence-electron chi connectivity index (χ3n) is 4.21. The average Bonchev–Trinajstić information content (AvgIpc) is 3.01. The zero-order chi connectivity index (χ0) is 16.5. The standard InChI is InChI=1S/C18H18FN3OS/c1-12-11-24-18(21-12)16-10-22(5-6-23-16)9-14-8-15(19)7-13-3-2-4-20-17(13)14/h2-4,7-8,11,16H,5-6,9-10H2,1H3/t16-/m0/s1. The fourth-order valence-electron chi connectivity index (χ4n) is 3.10. The maximum absolute atomic E-state index is 13.9. The number of hydrogen-bond donors (Lipinski definition) is 0. The summed E-state index contributed by atoms with van der Waals surface area (Å²) in [5.41, 5.74) is 2.81. The van der Waals surface area contributed by atoms with Crippen molar-refractivity contribution >= 4 is 22.2 Å². The van der Waals surface area contributed by atoms with Gasteiger partial charge in [0.1, 0.15) is 16.9 Å². The molecule has 1 fully saturated rings. The van der Waals surface area contributed by atoms with Gasteiger partial charge < -0.3 is 4.74 Å². The van der Waals surface area contributed by atoms with Gasteiger partial charge in [0.05, 0.1) is 12.1 Å². The number of morpholine rings is 1. The van der Waals surface area contributed by atoms with Crippen LogP contribution in [0.3, 0.4) is 0 Å². The van der Waals surface area contributed by atoms with Crippen molar-refractivity contribution in [2.75, 3.05) is 19.7 Å². The summed E-state index contributed by atoms with van der Waals surface area (Å²) in [5, 5.41) is 3.90. The Kier molecular flexibility index (Phi) is 4.26. The smallest absolute Gasteiger partial charge is 0.124 e. The maximum Gasteiger partial charge on any atom is 0.124 e. The van der Waals surface area contributed by atoms with Gasteiger partial charge in [-0.3, -0.25) is 9.88 Å². The van der Waals surface area contributed by atoms with Crippen LogP contribution in [-0.4, -0.2) is 34.6 Å². The van der Waals surface area contributed by atoms with Crippen molar-refractivity contribution in [1.29, 1.82) is 0 Å². The van der Waals surface area contributed by atoms with Crippen LogP contribution in [0.4, 0.5) is 4.39 Å². The molecule has 1 aliphatic heterocycles. The van der Waals surface area contributed by atoms with Crippen molar-refractivity contribution in [3.05, 3.63) is 57.9 Å². The Balaban J connectivity index is 1.57. The summed E-state index contributed by atoms with van der Waals surface area (Å²) in [5.74, 6) is -0.217. The lowest BCUT2D eigenvalue weighted by Gasteiger charge is -2.32. The molecule has 124 valence electrons. The fraction of sp³-hybridized carbons (Fsp3) is 0.333. The molecule has 0 unspecified atom stereocenters. The van der Waals surface area contributed by atoms with Crippen molar-refractivity contribution < 1.29 is 9.13 Å². The summed E-state index contributed by atoms with van der Waals surface area (Å²) in [4.78, 5) is 11.3. The molecule has 0 aliphatic carbocycles. The van der Waals surface area contributed by atoms with E-state index in [0.29, 0.717) is 13.2 Å². The second kappa shape index (κ2) is 6.55. The van der Waals surface area contributed by atoms with Crippen LogP contribution in [0.25, 0.3) is 10.9 Å². The molecule has 4 rings (SSSR count). The Morgan fingerprint density at radius 3 is 3.17 bits per heavy atom. The third-order valence-corrected chi connectivity index (χ3v) is 5.26. The number of aryl methyl sites for hydroxylation is 1. The fourth-order valence-corrected chi connectivity index (χ4v) is 3.94. The predicted molar refractivity (Wildman–Crippen MR) is 92.5 cm³/mol. The Morgan fingerprint density at radius 2 is 2.33 bits per heavy atom. The highest BCUT2D eigenvalue weighted by molar-refractivity contribution is 7.09. The van der Waals surface area contributed by atoms with Crippen molar-refractivity contribution in [2.45, 2.75) is 19.6 Å². The topological polar surface area (TPSA) is 38.2 Å². The lowest BCUT2D eigenvalue weighted by molar-refractivity contribution is -0.0329. The van der Waals surface area contributed by atoms with Crippen LogP contribution >= 0.6 is 11.3 Å². The summed E-state index contributed by atoms with van der Waals surface area (Å²) in [6.07, 6.45) is 1.75. The minimum absolute atomic E-state index is 0.00904. The van der Waals surface area contributed by atoms with Gasteiger partial charge in [0.25, 0.3) is 0 Å². The number of pyridine rings is 1. The second-order valence-electron chi connectivity index (χ2n) is 6.06. The summed E-state index contributed by atoms with van der Waals surface area (Å²) < 4.78 is 19.8. The first-order valence-corrected chi connectivity index (χ1v) is 8.86. The van der Waals surface area contributed by atoms with E-state index in [9.17, 15) is 4.39 Å². The molecule has 4 nitrogen and oxygen atoms in total. The van der Waals surface area contributed by atoms with E-state index in [1.54, 1.807) is 23.6 Å². The van der Waals surface area contributed by atoms with E-state index in [-0.39, 0.29) is 11.9 Å². The molecule has 2 aromatic heterocycles. The molecular weight excluding hydrogens is 325 g/mol. The number of thiazole rings is 1. The van der Waals surface area contributed by atoms with Gasteiger partial charge in [-0.25, -0.2) is 9.37 Å². The van der Waals surface area contributed by atoms with Crippen LogP contribution in [0, 0.1) is 12.7 Å². The molecule has 0 spiro atoms. The van der Waals surface area contributed by atoms with Gasteiger partial charge in [0, 0.05) is 42.3 Å². The number of fused-ring (bicyclic) bond motifs is 1. The van der Waals surface area contributed by atoms with Crippen LogP contribution in [0.15, 0.2) is 35.8 Å². The minimum atomic E-state index is -0.217.